The standard InChI is InChI=1S/C14H15FN4O/c1-16-13-12(8-10(15)9-19-13)14(20)18-7-5-11-4-2-3-6-17-11/h2-4,6,8-9H,5,7H2,1H3,(H,16,19)(H,18,20). The smallest absolute Gasteiger partial charge is 0.255 e. The van der Waals surface area contributed by atoms with Gasteiger partial charge in [-0.3, -0.25) is 9.78 Å². The molecule has 104 valence electrons. The summed E-state index contributed by atoms with van der Waals surface area (Å²) in [6.07, 6.45) is 3.38. The van der Waals surface area contributed by atoms with E-state index in [1.807, 2.05) is 18.2 Å². The maximum absolute atomic E-state index is 13.2. The average Bonchev–Trinajstić information content (AvgIpc) is 2.48. The predicted octanol–water partition coefficient (Wildman–Crippen LogP) is 1.63. The van der Waals surface area contributed by atoms with Crippen LogP contribution in [0.2, 0.25) is 0 Å². The second kappa shape index (κ2) is 6.60. The molecule has 1 amide bonds. The molecular weight excluding hydrogens is 259 g/mol. The van der Waals surface area contributed by atoms with Crippen molar-refractivity contribution in [3.8, 4) is 0 Å². The van der Waals surface area contributed by atoms with E-state index in [1.165, 1.54) is 0 Å². The zero-order chi connectivity index (χ0) is 14.4. The second-order valence-electron chi connectivity index (χ2n) is 4.13. The van der Waals surface area contributed by atoms with Gasteiger partial charge in [-0.1, -0.05) is 6.07 Å². The Hall–Kier alpha value is -2.50. The third kappa shape index (κ3) is 3.50. The van der Waals surface area contributed by atoms with Gasteiger partial charge in [0.05, 0.1) is 11.8 Å². The van der Waals surface area contributed by atoms with Crippen LogP contribution in [-0.4, -0.2) is 29.5 Å². The van der Waals surface area contributed by atoms with Crippen molar-refractivity contribution in [1.82, 2.24) is 15.3 Å². The molecule has 6 heteroatoms. The Kier molecular flexibility index (Phi) is 4.60. The number of halogens is 1. The van der Waals surface area contributed by atoms with Crippen molar-refractivity contribution in [2.45, 2.75) is 6.42 Å². The third-order valence-electron chi connectivity index (χ3n) is 2.73. The molecule has 2 heterocycles. The van der Waals surface area contributed by atoms with Crippen molar-refractivity contribution in [1.29, 1.82) is 0 Å². The van der Waals surface area contributed by atoms with E-state index in [0.29, 0.717) is 18.8 Å². The molecule has 0 atom stereocenters. The van der Waals surface area contributed by atoms with Gasteiger partial charge in [-0.15, -0.1) is 0 Å². The normalized spacial score (nSPS) is 10.1. The van der Waals surface area contributed by atoms with Crippen LogP contribution in [0.15, 0.2) is 36.7 Å². The Morgan fingerprint density at radius 2 is 2.20 bits per heavy atom. The summed E-state index contributed by atoms with van der Waals surface area (Å²) in [6, 6.07) is 6.77. The van der Waals surface area contributed by atoms with Gasteiger partial charge in [-0.2, -0.15) is 0 Å². The molecule has 0 saturated heterocycles. The maximum atomic E-state index is 13.2. The molecule has 20 heavy (non-hydrogen) atoms. The van der Waals surface area contributed by atoms with Crippen molar-refractivity contribution in [2.75, 3.05) is 18.9 Å². The highest BCUT2D eigenvalue weighted by molar-refractivity contribution is 5.98. The third-order valence-corrected chi connectivity index (χ3v) is 2.73. The minimum Gasteiger partial charge on any atom is -0.372 e. The first-order valence-electron chi connectivity index (χ1n) is 6.22. The first-order valence-corrected chi connectivity index (χ1v) is 6.22. The summed E-state index contributed by atoms with van der Waals surface area (Å²) in [7, 11) is 1.63. The fourth-order valence-electron chi connectivity index (χ4n) is 1.76. The summed E-state index contributed by atoms with van der Waals surface area (Å²) < 4.78 is 13.2. The fourth-order valence-corrected chi connectivity index (χ4v) is 1.76. The lowest BCUT2D eigenvalue weighted by atomic mass is 10.2. The number of pyridine rings is 2. The molecule has 0 unspecified atom stereocenters. The van der Waals surface area contributed by atoms with Gasteiger partial charge in [-0.05, 0) is 18.2 Å². The monoisotopic (exact) mass is 274 g/mol. The highest BCUT2D eigenvalue weighted by Gasteiger charge is 2.12. The summed E-state index contributed by atoms with van der Waals surface area (Å²) in [6.45, 7) is 0.426. The first-order chi connectivity index (χ1) is 9.70. The summed E-state index contributed by atoms with van der Waals surface area (Å²) in [5.41, 5.74) is 1.08. The lowest BCUT2D eigenvalue weighted by Gasteiger charge is -2.09. The summed E-state index contributed by atoms with van der Waals surface area (Å²) >= 11 is 0. The van der Waals surface area contributed by atoms with Gasteiger partial charge in [0.2, 0.25) is 0 Å². The van der Waals surface area contributed by atoms with Gasteiger partial charge in [0, 0.05) is 31.9 Å². The lowest BCUT2D eigenvalue weighted by molar-refractivity contribution is 0.0954. The SMILES string of the molecule is CNc1ncc(F)cc1C(=O)NCCc1ccccn1. The van der Waals surface area contributed by atoms with Crippen molar-refractivity contribution >= 4 is 11.7 Å². The Bertz CT molecular complexity index is 589. The molecule has 2 aromatic heterocycles. The van der Waals surface area contributed by atoms with Crippen LogP contribution in [0.25, 0.3) is 0 Å². The highest BCUT2D eigenvalue weighted by atomic mass is 19.1. The van der Waals surface area contributed by atoms with Crippen molar-refractivity contribution in [3.63, 3.8) is 0 Å². The van der Waals surface area contributed by atoms with Gasteiger partial charge < -0.3 is 10.6 Å². The molecule has 0 spiro atoms. The van der Waals surface area contributed by atoms with Crippen LogP contribution in [0.3, 0.4) is 0 Å². The minimum atomic E-state index is -0.543. The zero-order valence-corrected chi connectivity index (χ0v) is 11.1. The van der Waals surface area contributed by atoms with Gasteiger partial charge in [0.25, 0.3) is 5.91 Å². The van der Waals surface area contributed by atoms with Gasteiger partial charge in [-0.25, -0.2) is 9.37 Å². The minimum absolute atomic E-state index is 0.188. The molecule has 0 fully saturated rings. The number of rotatable bonds is 5. The van der Waals surface area contributed by atoms with E-state index in [2.05, 4.69) is 20.6 Å². The van der Waals surface area contributed by atoms with Crippen LogP contribution in [0, 0.1) is 5.82 Å². The van der Waals surface area contributed by atoms with Gasteiger partial charge in [0.1, 0.15) is 11.6 Å². The zero-order valence-electron chi connectivity index (χ0n) is 11.1. The number of carbonyl (C=O) groups excluding carboxylic acids is 1. The first kappa shape index (κ1) is 13.9. The highest BCUT2D eigenvalue weighted by Crippen LogP contribution is 2.12. The van der Waals surface area contributed by atoms with Crippen molar-refractivity contribution in [3.05, 3.63) is 53.7 Å². The van der Waals surface area contributed by atoms with E-state index in [0.717, 1.165) is 18.0 Å². The van der Waals surface area contributed by atoms with Crippen LogP contribution < -0.4 is 10.6 Å². The van der Waals surface area contributed by atoms with Crippen LogP contribution in [0.1, 0.15) is 16.1 Å². The fraction of sp³-hybridized carbons (Fsp3) is 0.214. The largest absolute Gasteiger partial charge is 0.372 e. The number of carbonyl (C=O) groups is 1. The quantitative estimate of drug-likeness (QED) is 0.869. The molecule has 2 rings (SSSR count). The second-order valence-corrected chi connectivity index (χ2v) is 4.13. The van der Waals surface area contributed by atoms with Crippen molar-refractivity contribution < 1.29 is 9.18 Å². The molecule has 5 nitrogen and oxygen atoms in total. The van der Waals surface area contributed by atoms with E-state index in [1.54, 1.807) is 13.2 Å². The van der Waals surface area contributed by atoms with E-state index in [4.69, 9.17) is 0 Å². The number of hydrogen-bond acceptors (Lipinski definition) is 4. The number of aromatic nitrogens is 2. The average molecular weight is 274 g/mol. The van der Waals surface area contributed by atoms with Gasteiger partial charge in [0.15, 0.2) is 0 Å². The molecule has 0 radical (unpaired) electrons. The Morgan fingerprint density at radius 3 is 2.90 bits per heavy atom. The van der Waals surface area contributed by atoms with Crippen LogP contribution >= 0.6 is 0 Å². The van der Waals surface area contributed by atoms with E-state index in [-0.39, 0.29) is 11.5 Å². The van der Waals surface area contributed by atoms with E-state index >= 15 is 0 Å². The molecule has 0 aliphatic heterocycles. The summed E-state index contributed by atoms with van der Waals surface area (Å²) in [5.74, 6) is -0.558. The molecule has 0 bridgehead atoms. The molecular formula is C14H15FN4O. The lowest BCUT2D eigenvalue weighted by Crippen LogP contribution is -2.27. The van der Waals surface area contributed by atoms with E-state index in [9.17, 15) is 9.18 Å². The summed E-state index contributed by atoms with van der Waals surface area (Å²) in [5, 5.41) is 5.48. The number of nitrogens with zero attached hydrogens (tertiary/aromatic N) is 2. The number of amides is 1. The number of anilines is 1. The van der Waals surface area contributed by atoms with Crippen LogP contribution in [0.4, 0.5) is 10.2 Å². The predicted molar refractivity (Wildman–Crippen MR) is 74.0 cm³/mol. The number of hydrogen-bond donors (Lipinski definition) is 2. The molecule has 0 aliphatic rings. The van der Waals surface area contributed by atoms with E-state index < -0.39 is 5.82 Å². The molecule has 0 saturated carbocycles. The molecule has 2 N–H and O–H groups in total. The van der Waals surface area contributed by atoms with Crippen LogP contribution in [0.5, 0.6) is 0 Å². The number of nitrogens with one attached hydrogen (secondary N) is 2. The Balaban J connectivity index is 1.97. The van der Waals surface area contributed by atoms with Gasteiger partial charge >= 0.3 is 0 Å². The topological polar surface area (TPSA) is 66.9 Å². The Labute approximate surface area is 116 Å². The summed E-state index contributed by atoms with van der Waals surface area (Å²) in [4.78, 5) is 20.0. The molecule has 2 aromatic rings. The Morgan fingerprint density at radius 1 is 1.35 bits per heavy atom. The molecule has 0 aliphatic carbocycles. The maximum Gasteiger partial charge on any atom is 0.255 e. The molecule has 0 aromatic carbocycles. The van der Waals surface area contributed by atoms with Crippen molar-refractivity contribution in [2.24, 2.45) is 0 Å². The van der Waals surface area contributed by atoms with Crippen LogP contribution in [-0.2, 0) is 6.42 Å².